The smallest absolute Gasteiger partial charge is 0.411 e. The largest absolute Gasteiger partial charge is 0.450 e. The summed E-state index contributed by atoms with van der Waals surface area (Å²) in [7, 11) is 0. The van der Waals surface area contributed by atoms with Gasteiger partial charge in [0.1, 0.15) is 5.82 Å². The van der Waals surface area contributed by atoms with E-state index in [1.807, 2.05) is 13.0 Å². The van der Waals surface area contributed by atoms with Gasteiger partial charge in [0, 0.05) is 17.4 Å². The number of carbonyl (C=O) groups is 2. The van der Waals surface area contributed by atoms with Crippen molar-refractivity contribution in [2.45, 2.75) is 13.8 Å². The molecule has 2 amide bonds. The zero-order chi connectivity index (χ0) is 15.9. The maximum absolute atomic E-state index is 12.1. The number of amides is 2. The van der Waals surface area contributed by atoms with Crippen LogP contribution in [0.5, 0.6) is 0 Å². The average molecular weight is 299 g/mol. The summed E-state index contributed by atoms with van der Waals surface area (Å²) in [5.74, 6) is 0.269. The molecule has 0 unspecified atom stereocenters. The van der Waals surface area contributed by atoms with Crippen molar-refractivity contribution < 1.29 is 14.3 Å². The third-order valence-corrected chi connectivity index (χ3v) is 2.91. The number of hydrogen-bond acceptors (Lipinski definition) is 4. The van der Waals surface area contributed by atoms with Crippen LogP contribution in [0.25, 0.3) is 0 Å². The van der Waals surface area contributed by atoms with Gasteiger partial charge in [0.2, 0.25) is 0 Å². The number of benzene rings is 1. The van der Waals surface area contributed by atoms with E-state index in [0.717, 1.165) is 5.56 Å². The van der Waals surface area contributed by atoms with Crippen LogP contribution in [0.15, 0.2) is 42.6 Å². The molecule has 2 rings (SSSR count). The first kappa shape index (κ1) is 15.5. The highest BCUT2D eigenvalue weighted by Gasteiger charge is 2.09. The second-order valence-electron chi connectivity index (χ2n) is 4.55. The Morgan fingerprint density at radius 3 is 2.50 bits per heavy atom. The van der Waals surface area contributed by atoms with E-state index in [4.69, 9.17) is 4.74 Å². The second-order valence-corrected chi connectivity index (χ2v) is 4.55. The van der Waals surface area contributed by atoms with Gasteiger partial charge in [0.05, 0.1) is 6.61 Å². The fraction of sp³-hybridized carbons (Fsp3) is 0.188. The Balaban J connectivity index is 2.02. The van der Waals surface area contributed by atoms with Crippen LogP contribution in [0.2, 0.25) is 0 Å². The van der Waals surface area contributed by atoms with E-state index in [1.54, 1.807) is 43.5 Å². The quantitative estimate of drug-likeness (QED) is 0.908. The predicted molar refractivity (Wildman–Crippen MR) is 84.0 cm³/mol. The van der Waals surface area contributed by atoms with Gasteiger partial charge < -0.3 is 10.1 Å². The van der Waals surface area contributed by atoms with Gasteiger partial charge in [-0.25, -0.2) is 9.78 Å². The number of ether oxygens (including phenoxy) is 1. The molecule has 0 saturated heterocycles. The van der Waals surface area contributed by atoms with Crippen LogP contribution in [0.3, 0.4) is 0 Å². The van der Waals surface area contributed by atoms with Crippen molar-refractivity contribution >= 4 is 23.5 Å². The summed E-state index contributed by atoms with van der Waals surface area (Å²) in [5, 5.41) is 5.31. The van der Waals surface area contributed by atoms with Crippen molar-refractivity contribution in [2.24, 2.45) is 0 Å². The van der Waals surface area contributed by atoms with Gasteiger partial charge in [0.25, 0.3) is 5.91 Å². The van der Waals surface area contributed by atoms with Gasteiger partial charge in [0.15, 0.2) is 0 Å². The zero-order valence-electron chi connectivity index (χ0n) is 12.4. The molecule has 2 N–H and O–H groups in total. The first-order valence-electron chi connectivity index (χ1n) is 6.87. The van der Waals surface area contributed by atoms with E-state index in [2.05, 4.69) is 15.6 Å². The predicted octanol–water partition coefficient (Wildman–Crippen LogP) is 3.21. The molecule has 0 spiro atoms. The highest BCUT2D eigenvalue weighted by atomic mass is 16.5. The Kier molecular flexibility index (Phi) is 5.08. The van der Waals surface area contributed by atoms with Crippen molar-refractivity contribution in [2.75, 3.05) is 17.2 Å². The molecular weight excluding hydrogens is 282 g/mol. The minimum Gasteiger partial charge on any atom is -0.450 e. The summed E-state index contributed by atoms with van der Waals surface area (Å²) in [6.07, 6.45) is 1.10. The number of pyridine rings is 1. The summed E-state index contributed by atoms with van der Waals surface area (Å²) in [6, 6.07) is 10.2. The van der Waals surface area contributed by atoms with Crippen molar-refractivity contribution in [3.63, 3.8) is 0 Å². The SMILES string of the molecule is CCOC(=O)Nc1ccc(C(=O)Nc2ncccc2C)cc1. The molecule has 114 valence electrons. The summed E-state index contributed by atoms with van der Waals surface area (Å²) < 4.78 is 4.78. The number of nitrogens with zero attached hydrogens (tertiary/aromatic N) is 1. The fourth-order valence-corrected chi connectivity index (χ4v) is 1.79. The molecule has 6 nitrogen and oxygen atoms in total. The van der Waals surface area contributed by atoms with Crippen LogP contribution in [0.1, 0.15) is 22.8 Å². The van der Waals surface area contributed by atoms with Gasteiger partial charge in [-0.3, -0.25) is 10.1 Å². The monoisotopic (exact) mass is 299 g/mol. The highest BCUT2D eigenvalue weighted by molar-refractivity contribution is 6.04. The summed E-state index contributed by atoms with van der Waals surface area (Å²) in [6.45, 7) is 3.90. The maximum atomic E-state index is 12.1. The van der Waals surface area contributed by atoms with E-state index in [0.29, 0.717) is 23.7 Å². The Bertz CT molecular complexity index is 669. The lowest BCUT2D eigenvalue weighted by atomic mass is 10.2. The van der Waals surface area contributed by atoms with Crippen molar-refractivity contribution in [1.29, 1.82) is 0 Å². The van der Waals surface area contributed by atoms with Crippen LogP contribution in [0.4, 0.5) is 16.3 Å². The first-order chi connectivity index (χ1) is 10.6. The first-order valence-corrected chi connectivity index (χ1v) is 6.87. The molecule has 1 aromatic carbocycles. The maximum Gasteiger partial charge on any atom is 0.411 e. The average Bonchev–Trinajstić information content (AvgIpc) is 2.50. The molecule has 0 fully saturated rings. The van der Waals surface area contributed by atoms with Crippen LogP contribution < -0.4 is 10.6 Å². The van der Waals surface area contributed by atoms with Crippen LogP contribution >= 0.6 is 0 Å². The minimum absolute atomic E-state index is 0.260. The van der Waals surface area contributed by atoms with Gasteiger partial charge >= 0.3 is 6.09 Å². The molecule has 2 aromatic rings. The Morgan fingerprint density at radius 1 is 1.14 bits per heavy atom. The lowest BCUT2D eigenvalue weighted by Gasteiger charge is -2.08. The van der Waals surface area contributed by atoms with Crippen LogP contribution in [0, 0.1) is 6.92 Å². The lowest BCUT2D eigenvalue weighted by molar-refractivity contribution is 0.102. The number of aryl methyl sites for hydroxylation is 1. The molecule has 6 heteroatoms. The molecule has 1 aromatic heterocycles. The van der Waals surface area contributed by atoms with Crippen molar-refractivity contribution in [3.8, 4) is 0 Å². The van der Waals surface area contributed by atoms with Crippen LogP contribution in [-0.4, -0.2) is 23.6 Å². The second kappa shape index (κ2) is 7.21. The molecule has 1 heterocycles. The zero-order valence-corrected chi connectivity index (χ0v) is 12.4. The molecule has 22 heavy (non-hydrogen) atoms. The van der Waals surface area contributed by atoms with E-state index in [-0.39, 0.29) is 5.91 Å². The van der Waals surface area contributed by atoms with E-state index < -0.39 is 6.09 Å². The molecule has 0 bridgehead atoms. The summed E-state index contributed by atoms with van der Waals surface area (Å²) in [5.41, 5.74) is 1.92. The van der Waals surface area contributed by atoms with Crippen LogP contribution in [-0.2, 0) is 4.74 Å². The third kappa shape index (κ3) is 4.05. The lowest BCUT2D eigenvalue weighted by Crippen LogP contribution is -2.15. The van der Waals surface area contributed by atoms with E-state index in [1.165, 1.54) is 0 Å². The number of anilines is 2. The number of rotatable bonds is 4. The number of hydrogen-bond donors (Lipinski definition) is 2. The van der Waals surface area contributed by atoms with Crippen molar-refractivity contribution in [1.82, 2.24) is 4.98 Å². The molecule has 0 saturated carbocycles. The Hall–Kier alpha value is -2.89. The summed E-state index contributed by atoms with van der Waals surface area (Å²) in [4.78, 5) is 27.5. The molecule has 0 atom stereocenters. The molecule has 0 aliphatic heterocycles. The third-order valence-electron chi connectivity index (χ3n) is 2.91. The number of aromatic nitrogens is 1. The molecular formula is C16H17N3O3. The molecule has 0 aliphatic carbocycles. The number of nitrogens with one attached hydrogen (secondary N) is 2. The number of carbonyl (C=O) groups excluding carboxylic acids is 2. The van der Waals surface area contributed by atoms with Crippen molar-refractivity contribution in [3.05, 3.63) is 53.7 Å². The standard InChI is InChI=1S/C16H17N3O3/c1-3-22-16(21)18-13-8-6-12(7-9-13)15(20)19-14-11(2)5-4-10-17-14/h4-10H,3H2,1-2H3,(H,18,21)(H,17,19,20). The van der Waals surface area contributed by atoms with Gasteiger partial charge in [-0.15, -0.1) is 0 Å². The fourth-order valence-electron chi connectivity index (χ4n) is 1.79. The van der Waals surface area contributed by atoms with Gasteiger partial charge in [-0.2, -0.15) is 0 Å². The molecule has 0 radical (unpaired) electrons. The molecule has 0 aliphatic rings. The summed E-state index contributed by atoms with van der Waals surface area (Å²) >= 11 is 0. The minimum atomic E-state index is -0.524. The van der Waals surface area contributed by atoms with Gasteiger partial charge in [-0.05, 0) is 49.7 Å². The normalized spacial score (nSPS) is 9.91. The van der Waals surface area contributed by atoms with E-state index >= 15 is 0 Å². The van der Waals surface area contributed by atoms with E-state index in [9.17, 15) is 9.59 Å². The highest BCUT2D eigenvalue weighted by Crippen LogP contribution is 2.14. The Labute approximate surface area is 128 Å². The van der Waals surface area contributed by atoms with Gasteiger partial charge in [-0.1, -0.05) is 6.07 Å². The topological polar surface area (TPSA) is 80.3 Å². The Morgan fingerprint density at radius 2 is 1.86 bits per heavy atom.